The van der Waals surface area contributed by atoms with Crippen molar-refractivity contribution in [1.29, 1.82) is 0 Å². The smallest absolute Gasteiger partial charge is 0.123 e. The molecule has 0 aliphatic rings. The van der Waals surface area contributed by atoms with Crippen molar-refractivity contribution in [3.63, 3.8) is 0 Å². The number of pyridine rings is 3. The lowest BCUT2D eigenvalue weighted by molar-refractivity contribution is 0.628. The Morgan fingerprint density at radius 2 is 1.55 bits per heavy atom. The fraction of sp³-hybridized carbons (Fsp3) is 0.0417. The van der Waals surface area contributed by atoms with Crippen LogP contribution in [0.3, 0.4) is 0 Å². The van der Waals surface area contributed by atoms with Gasteiger partial charge in [0.1, 0.15) is 5.82 Å². The second kappa shape index (κ2) is 7.28. The number of rotatable bonds is 4. The maximum absolute atomic E-state index is 13.6. The largest absolute Gasteiger partial charge is 0.334 e. The molecule has 1 aromatic carbocycles. The summed E-state index contributed by atoms with van der Waals surface area (Å²) in [6.45, 7) is 0.648. The van der Waals surface area contributed by atoms with Crippen LogP contribution in [0.25, 0.3) is 33.4 Å². The van der Waals surface area contributed by atoms with E-state index in [0.29, 0.717) is 6.54 Å². The Morgan fingerprint density at radius 3 is 2.31 bits per heavy atom. The van der Waals surface area contributed by atoms with Gasteiger partial charge in [-0.1, -0.05) is 18.2 Å². The van der Waals surface area contributed by atoms with Gasteiger partial charge in [-0.25, -0.2) is 4.39 Å². The third kappa shape index (κ3) is 3.17. The predicted octanol–water partition coefficient (Wildman–Crippen LogP) is 5.35. The fourth-order valence-corrected chi connectivity index (χ4v) is 3.71. The highest BCUT2D eigenvalue weighted by molar-refractivity contribution is 6.02. The number of hydrogen-bond acceptors (Lipinski definition) is 3. The number of benzene rings is 1. The summed E-state index contributed by atoms with van der Waals surface area (Å²) in [7, 11) is 0. The predicted molar refractivity (Wildman–Crippen MR) is 112 cm³/mol. The van der Waals surface area contributed by atoms with Gasteiger partial charge in [0.25, 0.3) is 0 Å². The first-order chi connectivity index (χ1) is 14.3. The topological polar surface area (TPSA) is 43.6 Å². The second-order valence-electron chi connectivity index (χ2n) is 6.78. The van der Waals surface area contributed by atoms with Crippen molar-refractivity contribution in [2.45, 2.75) is 6.54 Å². The average molecular weight is 380 g/mol. The average Bonchev–Trinajstić information content (AvgIpc) is 3.10. The molecule has 5 heteroatoms. The molecule has 0 unspecified atom stereocenters. The van der Waals surface area contributed by atoms with Crippen molar-refractivity contribution in [2.24, 2.45) is 0 Å². The molecule has 0 aliphatic heterocycles. The van der Waals surface area contributed by atoms with E-state index < -0.39 is 0 Å². The van der Waals surface area contributed by atoms with Crippen molar-refractivity contribution in [3.8, 4) is 22.4 Å². The van der Waals surface area contributed by atoms with Crippen molar-refractivity contribution >= 4 is 11.0 Å². The summed E-state index contributed by atoms with van der Waals surface area (Å²) in [5.41, 5.74) is 6.95. The van der Waals surface area contributed by atoms with Crippen LogP contribution in [0.4, 0.5) is 4.39 Å². The van der Waals surface area contributed by atoms with Crippen molar-refractivity contribution in [1.82, 2.24) is 19.5 Å². The summed E-state index contributed by atoms with van der Waals surface area (Å²) in [6.07, 6.45) is 9.00. The molecule has 0 saturated carbocycles. The molecular formula is C24H17FN4. The lowest BCUT2D eigenvalue weighted by Crippen LogP contribution is -2.02. The maximum atomic E-state index is 13.6. The summed E-state index contributed by atoms with van der Waals surface area (Å²) in [4.78, 5) is 13.1. The minimum atomic E-state index is -0.258. The first-order valence-electron chi connectivity index (χ1n) is 9.34. The molecule has 140 valence electrons. The summed E-state index contributed by atoms with van der Waals surface area (Å²) < 4.78 is 15.8. The van der Waals surface area contributed by atoms with Gasteiger partial charge in [0, 0.05) is 48.7 Å². The van der Waals surface area contributed by atoms with E-state index >= 15 is 0 Å². The van der Waals surface area contributed by atoms with Gasteiger partial charge < -0.3 is 4.57 Å². The molecule has 0 N–H and O–H groups in total. The van der Waals surface area contributed by atoms with Crippen LogP contribution in [0.2, 0.25) is 0 Å². The van der Waals surface area contributed by atoms with Gasteiger partial charge in [0.15, 0.2) is 0 Å². The Hall–Kier alpha value is -3.86. The van der Waals surface area contributed by atoms with Crippen LogP contribution >= 0.6 is 0 Å². The summed E-state index contributed by atoms with van der Waals surface area (Å²) in [5.74, 6) is -0.258. The van der Waals surface area contributed by atoms with Gasteiger partial charge in [-0.15, -0.1) is 0 Å². The first-order valence-corrected chi connectivity index (χ1v) is 9.34. The zero-order chi connectivity index (χ0) is 19.6. The third-order valence-electron chi connectivity index (χ3n) is 4.97. The van der Waals surface area contributed by atoms with Crippen molar-refractivity contribution in [2.75, 3.05) is 0 Å². The molecule has 5 aromatic rings. The molecule has 4 aromatic heterocycles. The lowest BCUT2D eigenvalue weighted by atomic mass is 10.0. The van der Waals surface area contributed by atoms with Crippen LogP contribution in [0.1, 0.15) is 5.56 Å². The molecule has 0 aliphatic carbocycles. The van der Waals surface area contributed by atoms with Crippen LogP contribution in [-0.2, 0) is 6.54 Å². The van der Waals surface area contributed by atoms with Crippen molar-refractivity contribution < 1.29 is 4.39 Å². The Morgan fingerprint density at radius 1 is 0.759 bits per heavy atom. The molecule has 0 spiro atoms. The molecule has 0 amide bonds. The highest BCUT2D eigenvalue weighted by Gasteiger charge is 2.21. The summed E-state index contributed by atoms with van der Waals surface area (Å²) in [5, 5.41) is 0. The van der Waals surface area contributed by atoms with Crippen molar-refractivity contribution in [3.05, 3.63) is 103 Å². The van der Waals surface area contributed by atoms with E-state index in [1.165, 1.54) is 12.1 Å². The van der Waals surface area contributed by atoms with Gasteiger partial charge in [-0.05, 0) is 53.6 Å². The number of halogens is 1. The second-order valence-corrected chi connectivity index (χ2v) is 6.78. The molecule has 0 radical (unpaired) electrons. The van der Waals surface area contributed by atoms with E-state index in [-0.39, 0.29) is 5.82 Å². The highest BCUT2D eigenvalue weighted by Crippen LogP contribution is 2.40. The number of aromatic nitrogens is 4. The molecule has 0 bridgehead atoms. The van der Waals surface area contributed by atoms with Crippen LogP contribution in [0, 0.1) is 5.82 Å². The van der Waals surface area contributed by atoms with E-state index in [9.17, 15) is 4.39 Å². The lowest BCUT2D eigenvalue weighted by Gasteiger charge is -2.13. The van der Waals surface area contributed by atoms with Crippen LogP contribution in [0.5, 0.6) is 0 Å². The highest BCUT2D eigenvalue weighted by atomic mass is 19.1. The normalized spacial score (nSPS) is 11.1. The summed E-state index contributed by atoms with van der Waals surface area (Å²) in [6, 6.07) is 18.5. The first kappa shape index (κ1) is 17.3. The number of hydrogen-bond donors (Lipinski definition) is 0. The molecule has 4 heterocycles. The SMILES string of the molecule is Fc1ccc(-c2c(-c3ccncc3)n(Cc3cccnc3)c3cccnc23)cc1. The zero-order valence-corrected chi connectivity index (χ0v) is 15.5. The molecule has 5 rings (SSSR count). The Balaban J connectivity index is 1.84. The quantitative estimate of drug-likeness (QED) is 0.422. The van der Waals surface area contributed by atoms with E-state index in [1.807, 2.05) is 30.5 Å². The zero-order valence-electron chi connectivity index (χ0n) is 15.5. The molecule has 0 atom stereocenters. The van der Waals surface area contributed by atoms with Crippen LogP contribution < -0.4 is 0 Å². The Labute approximate surface area is 167 Å². The molecule has 4 nitrogen and oxygen atoms in total. The van der Waals surface area contributed by atoms with Gasteiger partial charge in [0.05, 0.1) is 16.7 Å². The van der Waals surface area contributed by atoms with Crippen LogP contribution in [-0.4, -0.2) is 19.5 Å². The molecular weight excluding hydrogens is 363 g/mol. The standard InChI is InChI=1S/C24H17FN4/c25-20-7-5-18(6-8-20)22-23-21(4-2-12-28-23)29(16-17-3-1-11-27-15-17)24(22)19-9-13-26-14-10-19/h1-15H,16H2. The minimum absolute atomic E-state index is 0.258. The van der Waals surface area contributed by atoms with E-state index in [0.717, 1.165) is 39.0 Å². The molecule has 0 fully saturated rings. The van der Waals surface area contributed by atoms with Gasteiger partial charge in [-0.3, -0.25) is 15.0 Å². The number of fused-ring (bicyclic) bond motifs is 1. The van der Waals surface area contributed by atoms with Gasteiger partial charge in [0.2, 0.25) is 0 Å². The Bertz CT molecular complexity index is 1260. The van der Waals surface area contributed by atoms with E-state index in [1.54, 1.807) is 36.9 Å². The van der Waals surface area contributed by atoms with Gasteiger partial charge in [-0.2, -0.15) is 0 Å². The van der Waals surface area contributed by atoms with Crippen LogP contribution in [0.15, 0.2) is 91.6 Å². The monoisotopic (exact) mass is 380 g/mol. The third-order valence-corrected chi connectivity index (χ3v) is 4.97. The minimum Gasteiger partial charge on any atom is -0.334 e. The fourth-order valence-electron chi connectivity index (χ4n) is 3.71. The molecule has 29 heavy (non-hydrogen) atoms. The van der Waals surface area contributed by atoms with E-state index in [2.05, 4.69) is 31.7 Å². The molecule has 0 saturated heterocycles. The number of nitrogens with zero attached hydrogens (tertiary/aromatic N) is 4. The Kier molecular flexibility index (Phi) is 4.33. The maximum Gasteiger partial charge on any atom is 0.123 e. The summed E-state index contributed by atoms with van der Waals surface area (Å²) >= 11 is 0. The van der Waals surface area contributed by atoms with E-state index in [4.69, 9.17) is 0 Å². The van der Waals surface area contributed by atoms with Gasteiger partial charge >= 0.3 is 0 Å².